The number of aliphatic hydroxyl groups excluding tert-OH is 1. The number of nitrogens with one attached hydrogen (secondary N) is 1. The van der Waals surface area contributed by atoms with E-state index >= 15 is 0 Å². The number of unbranched alkanes of at least 4 members (excludes halogenated alkanes) is 8. The van der Waals surface area contributed by atoms with Crippen LogP contribution in [0.15, 0.2) is 5.10 Å². The van der Waals surface area contributed by atoms with Gasteiger partial charge in [0, 0.05) is 12.8 Å². The lowest BCUT2D eigenvalue weighted by molar-refractivity contribution is -0.935. The molecule has 0 bridgehead atoms. The standard InChI is InChI=1S/C18H38N4O.ClH/c1-3-5-7-9-11-13-17-20-21(15-16-23)18(22(17)19)14-12-10-8-6-4-2;/h18,23H,3-16,19H2,1-2H3;1H. The van der Waals surface area contributed by atoms with Crippen LogP contribution in [-0.4, -0.2) is 35.3 Å². The fraction of sp³-hybridized carbons (Fsp3) is 0.944. The first-order chi connectivity index (χ1) is 11.2. The van der Waals surface area contributed by atoms with Crippen molar-refractivity contribution >= 4 is 5.84 Å². The van der Waals surface area contributed by atoms with Gasteiger partial charge in [-0.1, -0.05) is 70.3 Å². The number of amidine groups is 1. The zero-order valence-electron chi connectivity index (χ0n) is 15.8. The molecule has 0 spiro atoms. The van der Waals surface area contributed by atoms with E-state index in [-0.39, 0.29) is 25.2 Å². The Kier molecular flexibility index (Phi) is 14.7. The summed E-state index contributed by atoms with van der Waals surface area (Å²) in [5.41, 5.74) is 0. The van der Waals surface area contributed by atoms with Gasteiger partial charge in [0.05, 0.1) is 6.61 Å². The van der Waals surface area contributed by atoms with Crippen molar-refractivity contribution in [1.82, 2.24) is 5.01 Å². The molecule has 0 aliphatic carbocycles. The Morgan fingerprint density at radius 3 is 2.17 bits per heavy atom. The summed E-state index contributed by atoms with van der Waals surface area (Å²) >= 11 is 0. The number of nitrogens with two attached hydrogens (primary N) is 1. The predicted molar refractivity (Wildman–Crippen MR) is 96.9 cm³/mol. The quantitative estimate of drug-likeness (QED) is 0.286. The van der Waals surface area contributed by atoms with E-state index in [1.165, 1.54) is 64.2 Å². The number of quaternary nitrogens is 1. The Morgan fingerprint density at radius 2 is 1.58 bits per heavy atom. The Hall–Kier alpha value is -0.360. The highest BCUT2D eigenvalue weighted by atomic mass is 35.5. The van der Waals surface area contributed by atoms with E-state index in [1.54, 1.807) is 0 Å². The molecule has 144 valence electrons. The molecule has 0 aromatic carbocycles. The third-order valence-electron chi connectivity index (χ3n) is 4.74. The molecular weight excluding hydrogens is 324 g/mol. The van der Waals surface area contributed by atoms with Crippen LogP contribution >= 0.6 is 0 Å². The number of rotatable bonds is 14. The number of hydrazine groups is 1. The van der Waals surface area contributed by atoms with Gasteiger partial charge in [-0.15, -0.1) is 0 Å². The zero-order chi connectivity index (χ0) is 16.9. The lowest BCUT2D eigenvalue weighted by Gasteiger charge is -2.23. The molecule has 4 N–H and O–H groups in total. The van der Waals surface area contributed by atoms with Crippen molar-refractivity contribution in [2.24, 2.45) is 10.9 Å². The number of hydrogen-bond acceptors (Lipinski definition) is 4. The molecule has 2 atom stereocenters. The van der Waals surface area contributed by atoms with Crippen molar-refractivity contribution in [1.29, 1.82) is 0 Å². The van der Waals surface area contributed by atoms with Gasteiger partial charge in [0.1, 0.15) is 6.54 Å². The summed E-state index contributed by atoms with van der Waals surface area (Å²) in [5.74, 6) is 7.36. The molecule has 24 heavy (non-hydrogen) atoms. The fourth-order valence-electron chi connectivity index (χ4n) is 3.29. The Morgan fingerprint density at radius 1 is 1.00 bits per heavy atom. The summed E-state index contributed by atoms with van der Waals surface area (Å²) in [7, 11) is 0. The van der Waals surface area contributed by atoms with Gasteiger partial charge in [0.2, 0.25) is 6.17 Å². The minimum Gasteiger partial charge on any atom is -1.00 e. The largest absolute Gasteiger partial charge is 1.00 e. The maximum Gasteiger partial charge on any atom is 0.202 e. The molecular formula is C18H39ClN4O. The summed E-state index contributed by atoms with van der Waals surface area (Å²) in [6, 6.07) is 0. The molecule has 6 heteroatoms. The average Bonchev–Trinajstić information content (AvgIpc) is 2.83. The van der Waals surface area contributed by atoms with Crippen LogP contribution in [0.4, 0.5) is 0 Å². The van der Waals surface area contributed by atoms with E-state index < -0.39 is 0 Å². The van der Waals surface area contributed by atoms with Crippen LogP contribution in [0.3, 0.4) is 0 Å². The van der Waals surface area contributed by atoms with Crippen LogP contribution in [0, 0.1) is 0 Å². The van der Waals surface area contributed by atoms with Gasteiger partial charge in [0.25, 0.3) is 0 Å². The monoisotopic (exact) mass is 362 g/mol. The van der Waals surface area contributed by atoms with Crippen LogP contribution < -0.4 is 23.3 Å². The normalized spacial score (nSPS) is 20.2. The second kappa shape index (κ2) is 14.9. The highest BCUT2D eigenvalue weighted by Gasteiger charge is 2.35. The van der Waals surface area contributed by atoms with Crippen LogP contribution in [0.1, 0.15) is 90.9 Å². The van der Waals surface area contributed by atoms with E-state index in [0.29, 0.717) is 6.54 Å². The highest BCUT2D eigenvalue weighted by molar-refractivity contribution is 5.81. The Balaban J connectivity index is 0.00000529. The van der Waals surface area contributed by atoms with E-state index in [0.717, 1.165) is 23.7 Å². The van der Waals surface area contributed by atoms with Crippen LogP contribution in [-0.2, 0) is 0 Å². The molecule has 1 heterocycles. The summed E-state index contributed by atoms with van der Waals surface area (Å²) in [6.07, 6.45) is 15.0. The first-order valence-corrected chi connectivity index (χ1v) is 9.82. The van der Waals surface area contributed by atoms with E-state index in [1.807, 2.05) is 5.01 Å². The van der Waals surface area contributed by atoms with Crippen molar-refractivity contribution in [3.63, 3.8) is 0 Å². The number of nitrogens with zero attached hydrogens (tertiary/aromatic N) is 2. The fourth-order valence-corrected chi connectivity index (χ4v) is 3.29. The van der Waals surface area contributed by atoms with E-state index in [4.69, 9.17) is 10.9 Å². The average molecular weight is 363 g/mol. The van der Waals surface area contributed by atoms with Gasteiger partial charge in [-0.05, 0) is 12.8 Å². The minimum absolute atomic E-state index is 0. The maximum atomic E-state index is 9.28. The Bertz CT molecular complexity index is 328. The molecule has 1 aliphatic rings. The second-order valence-electron chi connectivity index (χ2n) is 6.78. The lowest BCUT2D eigenvalue weighted by atomic mass is 10.1. The molecule has 0 radical (unpaired) electrons. The maximum absolute atomic E-state index is 9.28. The summed E-state index contributed by atoms with van der Waals surface area (Å²) in [6.45, 7) is 5.31. The van der Waals surface area contributed by atoms with Gasteiger partial charge < -0.3 is 17.5 Å². The molecule has 0 saturated carbocycles. The predicted octanol–water partition coefficient (Wildman–Crippen LogP) is -0.582. The van der Waals surface area contributed by atoms with Crippen molar-refractivity contribution in [2.45, 2.75) is 97.1 Å². The molecule has 1 rings (SSSR count). The number of hydrogen-bond donors (Lipinski definition) is 3. The van der Waals surface area contributed by atoms with Gasteiger partial charge in [-0.3, -0.25) is 0 Å². The molecule has 0 saturated heterocycles. The van der Waals surface area contributed by atoms with Crippen molar-refractivity contribution in [3.8, 4) is 0 Å². The smallest absolute Gasteiger partial charge is 0.202 e. The van der Waals surface area contributed by atoms with Gasteiger partial charge >= 0.3 is 0 Å². The summed E-state index contributed by atoms with van der Waals surface area (Å²) in [4.78, 5) is 0. The summed E-state index contributed by atoms with van der Waals surface area (Å²) in [5, 5.41) is 17.0. The number of halogens is 1. The van der Waals surface area contributed by atoms with Crippen LogP contribution in [0.5, 0.6) is 0 Å². The van der Waals surface area contributed by atoms with Gasteiger partial charge in [-0.25, -0.2) is 10.9 Å². The molecule has 5 nitrogen and oxygen atoms in total. The highest BCUT2D eigenvalue weighted by Crippen LogP contribution is 2.13. The molecule has 0 amide bonds. The van der Waals surface area contributed by atoms with Gasteiger partial charge in [-0.2, -0.15) is 5.01 Å². The molecule has 0 aromatic rings. The summed E-state index contributed by atoms with van der Waals surface area (Å²) < 4.78 is 0. The number of aliphatic hydroxyl groups is 1. The molecule has 0 aromatic heterocycles. The van der Waals surface area contributed by atoms with E-state index in [2.05, 4.69) is 13.8 Å². The third-order valence-corrected chi connectivity index (χ3v) is 4.74. The Labute approximate surface area is 155 Å². The van der Waals surface area contributed by atoms with Crippen molar-refractivity contribution in [2.75, 3.05) is 13.2 Å². The van der Waals surface area contributed by atoms with Crippen LogP contribution in [0.2, 0.25) is 0 Å². The molecule has 0 fully saturated rings. The SMILES string of the molecule is CCCCCCCC1=N[NH+](CCO)C(CCCCCCC)N1N.[Cl-]. The van der Waals surface area contributed by atoms with Crippen LogP contribution in [0.25, 0.3) is 0 Å². The van der Waals surface area contributed by atoms with Crippen molar-refractivity contribution in [3.05, 3.63) is 0 Å². The van der Waals surface area contributed by atoms with Gasteiger partial charge in [0.15, 0.2) is 5.84 Å². The van der Waals surface area contributed by atoms with E-state index in [9.17, 15) is 5.11 Å². The first kappa shape index (κ1) is 23.6. The second-order valence-corrected chi connectivity index (χ2v) is 6.78. The zero-order valence-corrected chi connectivity index (χ0v) is 16.5. The first-order valence-electron chi connectivity index (χ1n) is 9.82. The van der Waals surface area contributed by atoms with Crippen molar-refractivity contribution < 1.29 is 22.5 Å². The minimum atomic E-state index is 0. The molecule has 1 aliphatic heterocycles. The lowest BCUT2D eigenvalue weighted by Crippen LogP contribution is -3.12. The molecule has 2 unspecified atom stereocenters. The third kappa shape index (κ3) is 8.65. The topological polar surface area (TPSA) is 66.3 Å².